The van der Waals surface area contributed by atoms with Crippen LogP contribution < -0.4 is 4.72 Å². The number of phenolic OH excluding ortho intramolecular Hbond substituents is 1. The summed E-state index contributed by atoms with van der Waals surface area (Å²) < 4.78 is 28.0. The van der Waals surface area contributed by atoms with Crippen LogP contribution in [-0.4, -0.2) is 19.7 Å². The molecule has 0 aliphatic heterocycles. The standard InChI is InChI=1S/C21H20N2O3S/c1-15-6-5-8-18(12-15)23-27(25,26)19-11-10-16(2)20(13-19)22-14-17-7-3-4-9-21(17)24/h3-14,23-24H,1-2H3. The van der Waals surface area contributed by atoms with Crippen LogP contribution >= 0.6 is 0 Å². The van der Waals surface area contributed by atoms with E-state index in [1.165, 1.54) is 12.3 Å². The fourth-order valence-electron chi connectivity index (χ4n) is 2.55. The van der Waals surface area contributed by atoms with Gasteiger partial charge < -0.3 is 5.11 Å². The fraction of sp³-hybridized carbons (Fsp3) is 0.0952. The molecule has 0 aliphatic carbocycles. The van der Waals surface area contributed by atoms with E-state index in [0.29, 0.717) is 16.9 Å². The molecule has 0 fully saturated rings. The Hall–Kier alpha value is -3.12. The molecule has 6 heteroatoms. The molecule has 0 amide bonds. The van der Waals surface area contributed by atoms with Crippen LogP contribution in [0, 0.1) is 13.8 Å². The zero-order valence-corrected chi connectivity index (χ0v) is 15.9. The second-order valence-electron chi connectivity index (χ2n) is 6.24. The molecule has 0 aromatic heterocycles. The number of nitrogens with one attached hydrogen (secondary N) is 1. The van der Waals surface area contributed by atoms with Gasteiger partial charge in [0.2, 0.25) is 0 Å². The van der Waals surface area contributed by atoms with Crippen molar-refractivity contribution < 1.29 is 13.5 Å². The first kappa shape index (κ1) is 18.7. The third-order valence-electron chi connectivity index (χ3n) is 4.04. The Labute approximate surface area is 159 Å². The highest BCUT2D eigenvalue weighted by atomic mass is 32.2. The Bertz CT molecular complexity index is 1110. The summed E-state index contributed by atoms with van der Waals surface area (Å²) in [5.74, 6) is 0.115. The molecule has 0 bridgehead atoms. The normalized spacial score (nSPS) is 11.6. The molecule has 5 nitrogen and oxygen atoms in total. The molecule has 0 saturated carbocycles. The van der Waals surface area contributed by atoms with E-state index in [2.05, 4.69) is 9.71 Å². The number of aryl methyl sites for hydroxylation is 2. The molecule has 0 spiro atoms. The van der Waals surface area contributed by atoms with E-state index in [1.807, 2.05) is 19.9 Å². The Morgan fingerprint density at radius 2 is 1.74 bits per heavy atom. The molecule has 0 aliphatic rings. The van der Waals surface area contributed by atoms with E-state index in [-0.39, 0.29) is 10.6 Å². The summed E-state index contributed by atoms with van der Waals surface area (Å²) in [6.45, 7) is 3.75. The average Bonchev–Trinajstić information content (AvgIpc) is 2.61. The molecule has 138 valence electrons. The van der Waals surface area contributed by atoms with E-state index in [4.69, 9.17) is 0 Å². The van der Waals surface area contributed by atoms with Crippen LogP contribution in [0.2, 0.25) is 0 Å². The first-order valence-electron chi connectivity index (χ1n) is 8.37. The van der Waals surface area contributed by atoms with Gasteiger partial charge in [0, 0.05) is 17.5 Å². The van der Waals surface area contributed by atoms with Gasteiger partial charge in [0.1, 0.15) is 5.75 Å². The Morgan fingerprint density at radius 3 is 2.48 bits per heavy atom. The number of aromatic hydroxyl groups is 1. The molecule has 0 radical (unpaired) electrons. The maximum atomic E-state index is 12.7. The van der Waals surface area contributed by atoms with E-state index < -0.39 is 10.0 Å². The summed E-state index contributed by atoms with van der Waals surface area (Å²) >= 11 is 0. The largest absolute Gasteiger partial charge is 0.507 e. The Balaban J connectivity index is 1.91. The first-order chi connectivity index (χ1) is 12.8. The SMILES string of the molecule is Cc1cccc(NS(=O)(=O)c2ccc(C)c(N=Cc3ccccc3O)c2)c1. The van der Waals surface area contributed by atoms with E-state index >= 15 is 0 Å². The highest BCUT2D eigenvalue weighted by Crippen LogP contribution is 2.25. The van der Waals surface area contributed by atoms with E-state index in [0.717, 1.165) is 11.1 Å². The van der Waals surface area contributed by atoms with E-state index in [1.54, 1.807) is 54.6 Å². The van der Waals surface area contributed by atoms with Crippen LogP contribution in [0.15, 0.2) is 76.6 Å². The summed E-state index contributed by atoms with van der Waals surface area (Å²) in [4.78, 5) is 4.48. The molecule has 2 N–H and O–H groups in total. The lowest BCUT2D eigenvalue weighted by atomic mass is 10.2. The summed E-state index contributed by atoms with van der Waals surface area (Å²) in [6.07, 6.45) is 1.52. The van der Waals surface area contributed by atoms with Crippen molar-refractivity contribution in [2.24, 2.45) is 4.99 Å². The third-order valence-corrected chi connectivity index (χ3v) is 5.42. The number of phenols is 1. The Kier molecular flexibility index (Phi) is 5.28. The minimum atomic E-state index is -3.73. The summed E-state index contributed by atoms with van der Waals surface area (Å²) in [5, 5.41) is 9.83. The van der Waals surface area contributed by atoms with Gasteiger partial charge in [-0.15, -0.1) is 0 Å². The average molecular weight is 380 g/mol. The van der Waals surface area contributed by atoms with Crippen LogP contribution in [0.3, 0.4) is 0 Å². The van der Waals surface area contributed by atoms with Gasteiger partial charge in [-0.25, -0.2) is 8.42 Å². The van der Waals surface area contributed by atoms with Crippen LogP contribution in [-0.2, 0) is 10.0 Å². The Morgan fingerprint density at radius 1 is 0.963 bits per heavy atom. The number of hydrogen-bond donors (Lipinski definition) is 2. The summed E-state index contributed by atoms with van der Waals surface area (Å²) in [7, 11) is -3.73. The third kappa shape index (κ3) is 4.54. The van der Waals surface area contributed by atoms with E-state index in [9.17, 15) is 13.5 Å². The second kappa shape index (κ2) is 7.63. The van der Waals surface area contributed by atoms with Crippen LogP contribution in [0.5, 0.6) is 5.75 Å². The molecule has 0 atom stereocenters. The lowest BCUT2D eigenvalue weighted by Gasteiger charge is -2.10. The fourth-order valence-corrected chi connectivity index (χ4v) is 3.62. The number of aliphatic imine (C=N–C) groups is 1. The maximum Gasteiger partial charge on any atom is 0.261 e. The number of rotatable bonds is 5. The first-order valence-corrected chi connectivity index (χ1v) is 9.86. The highest BCUT2D eigenvalue weighted by Gasteiger charge is 2.15. The lowest BCUT2D eigenvalue weighted by Crippen LogP contribution is -2.13. The van der Waals surface area contributed by atoms with Crippen molar-refractivity contribution in [3.63, 3.8) is 0 Å². The lowest BCUT2D eigenvalue weighted by molar-refractivity contribution is 0.474. The van der Waals surface area contributed by atoms with Crippen molar-refractivity contribution in [2.75, 3.05) is 4.72 Å². The second-order valence-corrected chi connectivity index (χ2v) is 7.92. The minimum absolute atomic E-state index is 0.115. The van der Waals surface area contributed by atoms with Crippen LogP contribution in [0.4, 0.5) is 11.4 Å². The van der Waals surface area contributed by atoms with Gasteiger partial charge in [0.15, 0.2) is 0 Å². The molecule has 3 aromatic rings. The monoisotopic (exact) mass is 380 g/mol. The van der Waals surface area contributed by atoms with Gasteiger partial charge in [-0.3, -0.25) is 9.71 Å². The summed E-state index contributed by atoms with van der Waals surface area (Å²) in [5.41, 5.74) is 3.38. The van der Waals surface area contributed by atoms with Crippen molar-refractivity contribution in [3.8, 4) is 5.75 Å². The molecule has 0 saturated heterocycles. The smallest absolute Gasteiger partial charge is 0.261 e. The number of hydrogen-bond acceptors (Lipinski definition) is 4. The molecule has 0 heterocycles. The minimum Gasteiger partial charge on any atom is -0.507 e. The molecule has 3 aromatic carbocycles. The van der Waals surface area contributed by atoms with Gasteiger partial charge >= 0.3 is 0 Å². The van der Waals surface area contributed by atoms with Gasteiger partial charge in [0.05, 0.1) is 10.6 Å². The number of anilines is 1. The van der Waals surface area contributed by atoms with Crippen molar-refractivity contribution in [2.45, 2.75) is 18.7 Å². The molecular formula is C21H20N2O3S. The zero-order chi connectivity index (χ0) is 19.4. The topological polar surface area (TPSA) is 78.8 Å². The number of para-hydroxylation sites is 1. The highest BCUT2D eigenvalue weighted by molar-refractivity contribution is 7.92. The van der Waals surface area contributed by atoms with Gasteiger partial charge in [-0.2, -0.15) is 0 Å². The predicted molar refractivity (Wildman–Crippen MR) is 109 cm³/mol. The maximum absolute atomic E-state index is 12.7. The van der Waals surface area contributed by atoms with Gasteiger partial charge in [-0.1, -0.05) is 30.3 Å². The molecule has 0 unspecified atom stereocenters. The number of nitrogens with zero attached hydrogens (tertiary/aromatic N) is 1. The van der Waals surface area contributed by atoms with Crippen molar-refractivity contribution in [3.05, 3.63) is 83.4 Å². The summed E-state index contributed by atoms with van der Waals surface area (Å²) in [6, 6.07) is 18.8. The molecule has 27 heavy (non-hydrogen) atoms. The quantitative estimate of drug-likeness (QED) is 0.637. The predicted octanol–water partition coefficient (Wildman–Crippen LogP) is 4.56. The van der Waals surface area contributed by atoms with Gasteiger partial charge in [0.25, 0.3) is 10.0 Å². The zero-order valence-electron chi connectivity index (χ0n) is 15.0. The number of benzene rings is 3. The molecule has 3 rings (SSSR count). The molecular weight excluding hydrogens is 360 g/mol. The van der Waals surface area contributed by atoms with Crippen LogP contribution in [0.25, 0.3) is 0 Å². The number of sulfonamides is 1. The van der Waals surface area contributed by atoms with Crippen molar-refractivity contribution >= 4 is 27.6 Å². The van der Waals surface area contributed by atoms with Crippen LogP contribution in [0.1, 0.15) is 16.7 Å². The van der Waals surface area contributed by atoms with Crippen molar-refractivity contribution in [1.82, 2.24) is 0 Å². The van der Waals surface area contributed by atoms with Crippen molar-refractivity contribution in [1.29, 1.82) is 0 Å². The van der Waals surface area contributed by atoms with Gasteiger partial charge in [-0.05, 0) is 61.4 Å².